The molecule has 1 heterocycles. The van der Waals surface area contributed by atoms with Crippen molar-refractivity contribution in [3.05, 3.63) is 83.4 Å². The van der Waals surface area contributed by atoms with E-state index in [1.165, 1.54) is 17.0 Å². The third-order valence-electron chi connectivity index (χ3n) is 3.83. The van der Waals surface area contributed by atoms with Gasteiger partial charge in [-0.2, -0.15) is 5.26 Å². The van der Waals surface area contributed by atoms with Gasteiger partial charge in [0.2, 0.25) is 0 Å². The molecule has 128 valence electrons. The van der Waals surface area contributed by atoms with Crippen molar-refractivity contribution >= 4 is 38.9 Å². The molecule has 0 saturated heterocycles. The smallest absolute Gasteiger partial charge is 0.135 e. The summed E-state index contributed by atoms with van der Waals surface area (Å²) in [6.45, 7) is 0. The van der Waals surface area contributed by atoms with Gasteiger partial charge in [0.25, 0.3) is 0 Å². The summed E-state index contributed by atoms with van der Waals surface area (Å²) in [6, 6.07) is 18.5. The minimum absolute atomic E-state index is 0.575. The van der Waals surface area contributed by atoms with Crippen LogP contribution in [0, 0.1) is 11.3 Å². The van der Waals surface area contributed by atoms with Gasteiger partial charge in [-0.05, 0) is 35.9 Å². The molecule has 3 nitrogen and oxygen atoms in total. The van der Waals surface area contributed by atoms with Crippen molar-refractivity contribution in [2.75, 3.05) is 19.0 Å². The maximum absolute atomic E-state index is 9.40. The van der Waals surface area contributed by atoms with Crippen molar-refractivity contribution in [2.24, 2.45) is 0 Å². The third kappa shape index (κ3) is 4.27. The van der Waals surface area contributed by atoms with Crippen molar-refractivity contribution in [3.8, 4) is 6.07 Å². The number of thiazole rings is 1. The second-order valence-corrected chi connectivity index (χ2v) is 6.94. The fraction of sp³-hybridized carbons (Fsp3) is 0.0909. The highest BCUT2D eigenvalue weighted by atomic mass is 32.1. The largest absolute Gasteiger partial charge is 0.378 e. The normalized spacial score (nSPS) is 12.1. The number of benzene rings is 2. The Kier molecular flexibility index (Phi) is 5.62. The van der Waals surface area contributed by atoms with E-state index in [1.807, 2.05) is 62.7 Å². The number of nitrogens with zero attached hydrogens (tertiary/aromatic N) is 3. The van der Waals surface area contributed by atoms with E-state index in [4.69, 9.17) is 0 Å². The maximum Gasteiger partial charge on any atom is 0.135 e. The highest BCUT2D eigenvalue weighted by Gasteiger charge is 2.06. The number of hydrogen-bond donors (Lipinski definition) is 0. The second kappa shape index (κ2) is 8.28. The highest BCUT2D eigenvalue weighted by Crippen LogP contribution is 2.26. The Morgan fingerprint density at radius 3 is 2.50 bits per heavy atom. The predicted molar refractivity (Wildman–Crippen MR) is 112 cm³/mol. The molecule has 0 aliphatic rings. The van der Waals surface area contributed by atoms with E-state index in [0.717, 1.165) is 20.8 Å². The molecule has 4 heteroatoms. The zero-order valence-corrected chi connectivity index (χ0v) is 15.6. The molecule has 26 heavy (non-hydrogen) atoms. The lowest BCUT2D eigenvalue weighted by Crippen LogP contribution is -2.07. The Morgan fingerprint density at radius 2 is 1.81 bits per heavy atom. The van der Waals surface area contributed by atoms with Gasteiger partial charge in [-0.3, -0.25) is 0 Å². The average Bonchev–Trinajstić information content (AvgIpc) is 3.09. The monoisotopic (exact) mass is 357 g/mol. The number of anilines is 1. The molecule has 0 unspecified atom stereocenters. The number of para-hydroxylation sites is 1. The summed E-state index contributed by atoms with van der Waals surface area (Å²) in [5.41, 5.74) is 3.82. The van der Waals surface area contributed by atoms with Crippen LogP contribution >= 0.6 is 11.3 Å². The molecule has 0 atom stereocenters. The minimum Gasteiger partial charge on any atom is -0.378 e. The third-order valence-corrected chi connectivity index (χ3v) is 4.90. The minimum atomic E-state index is 0.575. The lowest BCUT2D eigenvalue weighted by atomic mass is 10.2. The lowest BCUT2D eigenvalue weighted by Gasteiger charge is -2.11. The molecule has 0 aliphatic carbocycles. The van der Waals surface area contributed by atoms with Crippen LogP contribution in [0.1, 0.15) is 10.6 Å². The van der Waals surface area contributed by atoms with E-state index in [-0.39, 0.29) is 0 Å². The first-order chi connectivity index (χ1) is 12.7. The molecule has 0 N–H and O–H groups in total. The van der Waals surface area contributed by atoms with Gasteiger partial charge < -0.3 is 4.90 Å². The topological polar surface area (TPSA) is 39.9 Å². The van der Waals surface area contributed by atoms with E-state index in [9.17, 15) is 5.26 Å². The highest BCUT2D eigenvalue weighted by molar-refractivity contribution is 7.19. The summed E-state index contributed by atoms with van der Waals surface area (Å²) in [4.78, 5) is 6.60. The molecule has 3 rings (SSSR count). The first kappa shape index (κ1) is 17.7. The van der Waals surface area contributed by atoms with Crippen molar-refractivity contribution in [1.29, 1.82) is 5.26 Å². The summed E-state index contributed by atoms with van der Waals surface area (Å²) >= 11 is 1.54. The van der Waals surface area contributed by atoms with Crippen LogP contribution in [0.25, 0.3) is 21.9 Å². The Hall–Kier alpha value is -3.16. The molecule has 2 aromatic carbocycles. The molecule has 3 aromatic rings. The number of nitriles is 1. The molecule has 0 spiro atoms. The Balaban J connectivity index is 1.69. The van der Waals surface area contributed by atoms with E-state index in [2.05, 4.69) is 40.2 Å². The molecular weight excluding hydrogens is 338 g/mol. The van der Waals surface area contributed by atoms with Crippen molar-refractivity contribution in [3.63, 3.8) is 0 Å². The molecule has 0 bridgehead atoms. The molecule has 0 radical (unpaired) electrons. The number of aromatic nitrogens is 1. The van der Waals surface area contributed by atoms with Crippen molar-refractivity contribution in [1.82, 2.24) is 4.98 Å². The second-order valence-electron chi connectivity index (χ2n) is 5.91. The van der Waals surface area contributed by atoms with Crippen LogP contribution in [0.2, 0.25) is 0 Å². The van der Waals surface area contributed by atoms with Gasteiger partial charge in [0.1, 0.15) is 11.1 Å². The summed E-state index contributed by atoms with van der Waals surface area (Å²) in [5, 5.41) is 10.2. The van der Waals surface area contributed by atoms with Gasteiger partial charge in [-0.25, -0.2) is 4.98 Å². The number of fused-ring (bicyclic) bond motifs is 1. The Bertz CT molecular complexity index is 982. The first-order valence-corrected chi connectivity index (χ1v) is 9.07. The van der Waals surface area contributed by atoms with Gasteiger partial charge in [0.05, 0.1) is 15.8 Å². The number of allylic oxidation sites excluding steroid dienone is 5. The van der Waals surface area contributed by atoms with Crippen LogP contribution in [-0.4, -0.2) is 19.1 Å². The fourth-order valence-electron chi connectivity index (χ4n) is 2.41. The molecule has 1 aromatic heterocycles. The van der Waals surface area contributed by atoms with Crippen LogP contribution in [0.3, 0.4) is 0 Å². The van der Waals surface area contributed by atoms with E-state index >= 15 is 0 Å². The first-order valence-electron chi connectivity index (χ1n) is 8.26. The summed E-state index contributed by atoms with van der Waals surface area (Å²) in [6.07, 6.45) is 9.60. The average molecular weight is 357 g/mol. The van der Waals surface area contributed by atoms with E-state index < -0.39 is 0 Å². The fourth-order valence-corrected chi connectivity index (χ4v) is 3.35. The van der Waals surface area contributed by atoms with Crippen LogP contribution < -0.4 is 4.90 Å². The zero-order valence-electron chi connectivity index (χ0n) is 14.8. The Labute approximate surface area is 157 Å². The zero-order chi connectivity index (χ0) is 18.4. The van der Waals surface area contributed by atoms with Crippen LogP contribution in [0.4, 0.5) is 5.69 Å². The number of rotatable bonds is 5. The molecular formula is C22H19N3S. The SMILES string of the molecule is CN(C)c1ccc(/C=C/C=C/C=C(\C#N)c2nc3ccccc3s2)cc1. The van der Waals surface area contributed by atoms with Gasteiger partial charge in [0, 0.05) is 19.8 Å². The van der Waals surface area contributed by atoms with Crippen LogP contribution in [0.15, 0.2) is 72.8 Å². The van der Waals surface area contributed by atoms with E-state index in [1.54, 1.807) is 6.08 Å². The van der Waals surface area contributed by atoms with Gasteiger partial charge >= 0.3 is 0 Å². The molecule has 0 amide bonds. The lowest BCUT2D eigenvalue weighted by molar-refractivity contribution is 1.13. The van der Waals surface area contributed by atoms with Crippen LogP contribution in [-0.2, 0) is 0 Å². The molecule has 0 aliphatic heterocycles. The quantitative estimate of drug-likeness (QED) is 0.445. The van der Waals surface area contributed by atoms with Crippen LogP contribution in [0.5, 0.6) is 0 Å². The summed E-state index contributed by atoms with van der Waals surface area (Å²) < 4.78 is 1.09. The van der Waals surface area contributed by atoms with Gasteiger partial charge in [-0.1, -0.05) is 48.6 Å². The predicted octanol–water partition coefficient (Wildman–Crippen LogP) is 5.54. The summed E-state index contributed by atoms with van der Waals surface area (Å²) in [7, 11) is 4.05. The van der Waals surface area contributed by atoms with Crippen molar-refractivity contribution in [2.45, 2.75) is 0 Å². The van der Waals surface area contributed by atoms with Crippen molar-refractivity contribution < 1.29 is 0 Å². The van der Waals surface area contributed by atoms with Gasteiger partial charge in [0.15, 0.2) is 0 Å². The number of hydrogen-bond acceptors (Lipinski definition) is 4. The standard InChI is InChI=1S/C22H19N3S/c1-25(2)19-14-12-17(13-15-19)8-4-3-5-9-18(16-23)22-24-20-10-6-7-11-21(20)26-22/h3-15H,1-2H3/b5-3+,8-4+,18-9+. The Morgan fingerprint density at radius 1 is 1.04 bits per heavy atom. The van der Waals surface area contributed by atoms with E-state index in [0.29, 0.717) is 5.57 Å². The van der Waals surface area contributed by atoms with Gasteiger partial charge in [-0.15, -0.1) is 11.3 Å². The molecule has 0 fully saturated rings. The summed E-state index contributed by atoms with van der Waals surface area (Å²) in [5.74, 6) is 0. The maximum atomic E-state index is 9.40. The molecule has 0 saturated carbocycles.